The molecular weight excluding hydrogens is 867 g/mol. The average molecular weight is 934 g/mol. The molecule has 27 heteroatoms. The van der Waals surface area contributed by atoms with Gasteiger partial charge < -0.3 is 86.6 Å². The second-order valence-electron chi connectivity index (χ2n) is 15.5. The molecule has 1 saturated heterocycles. The number of hydrogen-bond donors (Lipinski definition) is 16. The van der Waals surface area contributed by atoms with Crippen molar-refractivity contribution in [2.45, 2.75) is 113 Å². The summed E-state index contributed by atoms with van der Waals surface area (Å²) in [6, 6.07) is -6.13. The van der Waals surface area contributed by atoms with E-state index < -0.39 is 102 Å². The summed E-state index contributed by atoms with van der Waals surface area (Å²) in [7, 11) is 0. The number of carbonyl (C=O) groups is 9. The molecule has 1 aliphatic heterocycles. The zero-order valence-electron chi connectivity index (χ0n) is 36.9. The number of aliphatic hydroxyl groups is 1. The number of aromatic nitrogens is 2. The molecule has 0 spiro atoms. The number of rotatable bonds is 31. The van der Waals surface area contributed by atoms with Gasteiger partial charge in [0.2, 0.25) is 47.3 Å². The number of guanidine groups is 1. The number of likely N-dealkylation sites (tertiary alicyclic amines) is 1. The topological polar surface area (TPSA) is 470 Å². The number of carbonyl (C=O) groups excluding carboxylic acids is 9. The Bertz CT molecular complexity index is 1850. The van der Waals surface area contributed by atoms with Gasteiger partial charge in [0.15, 0.2) is 5.96 Å². The maximum atomic E-state index is 14.1. The van der Waals surface area contributed by atoms with E-state index in [9.17, 15) is 48.3 Å². The smallest absolute Gasteiger partial charge is 0.264 e. The minimum absolute atomic E-state index is 0.0566. The van der Waals surface area contributed by atoms with Crippen LogP contribution in [-0.2, 0) is 49.6 Å². The lowest BCUT2D eigenvalue weighted by Gasteiger charge is -2.30. The van der Waals surface area contributed by atoms with Gasteiger partial charge in [-0.05, 0) is 70.9 Å². The van der Waals surface area contributed by atoms with Crippen molar-refractivity contribution in [1.82, 2.24) is 52.1 Å². The molecule has 0 aromatic carbocycles. The SMILES string of the molecule is N=C(N)NCC/C=C(\NC(=O)[C@H](CCCCN)NC(=O)[C@H](Cc1cnc[nH]1)NC(=O)[C@@H]1CCCN1C(=O)[C@@H](CCCN)NC(=O)CNC(=O)C(CCC(N)=O)NC(=O)C[C@@H](O)CN)C(N)=O. The van der Waals surface area contributed by atoms with Crippen molar-refractivity contribution in [3.63, 3.8) is 0 Å². The Balaban J connectivity index is 2.25. The lowest BCUT2D eigenvalue weighted by molar-refractivity contribution is -0.142. The molecule has 1 aliphatic rings. The normalized spacial score (nSPS) is 15.8. The van der Waals surface area contributed by atoms with Crippen LogP contribution in [0, 0.1) is 5.41 Å². The van der Waals surface area contributed by atoms with Crippen LogP contribution in [0.3, 0.4) is 0 Å². The predicted octanol–water partition coefficient (Wildman–Crippen LogP) is -6.80. The summed E-state index contributed by atoms with van der Waals surface area (Å²) in [5.74, 6) is -7.29. The zero-order chi connectivity index (χ0) is 49.2. The molecule has 1 aromatic rings. The molecule has 2 rings (SSSR count). The van der Waals surface area contributed by atoms with Crippen LogP contribution >= 0.6 is 0 Å². The largest absolute Gasteiger partial charge is 0.391 e. The van der Waals surface area contributed by atoms with Crippen LogP contribution in [0.15, 0.2) is 24.3 Å². The highest BCUT2D eigenvalue weighted by atomic mass is 16.3. The van der Waals surface area contributed by atoms with E-state index in [1.54, 1.807) is 0 Å². The molecule has 1 unspecified atom stereocenters. The standard InChI is InChI=1S/C39H67N17O10/c40-12-2-1-6-25(35(63)53-24(33(44)61)8-4-14-48-39(45)46)54-36(64)28(16-22-19-47-21-50-22)55-37(65)29-9-5-15-56(29)38(66)27(7-3-13-41)52-32(60)20-49-34(62)26(10-11-30(43)58)51-31(59)17-23(57)18-42/h8,19,21,23,25-29,57H,1-7,9-18,20,40-42H2,(H2,43,58)(H2,44,61)(H,47,50)(H,49,62)(H,51,59)(H,52,60)(H,53,63)(H,54,64)(H,55,65)(H4,45,46,48)/b24-8-/t23-,25+,26?,27-,28+,29+/m1/s1. The van der Waals surface area contributed by atoms with Crippen LogP contribution < -0.4 is 71.6 Å². The molecule has 1 fully saturated rings. The van der Waals surface area contributed by atoms with E-state index in [0.717, 1.165) is 0 Å². The summed E-state index contributed by atoms with van der Waals surface area (Å²) in [6.45, 7) is -0.149. The van der Waals surface area contributed by atoms with Crippen molar-refractivity contribution < 1.29 is 48.3 Å². The van der Waals surface area contributed by atoms with Crippen molar-refractivity contribution in [2.24, 2.45) is 34.4 Å². The fourth-order valence-electron chi connectivity index (χ4n) is 6.71. The van der Waals surface area contributed by atoms with Gasteiger partial charge in [-0.2, -0.15) is 0 Å². The van der Waals surface area contributed by atoms with E-state index in [-0.39, 0.29) is 89.2 Å². The van der Waals surface area contributed by atoms with Crippen molar-refractivity contribution >= 4 is 59.1 Å². The number of primary amides is 2. The van der Waals surface area contributed by atoms with E-state index >= 15 is 0 Å². The first-order valence-electron chi connectivity index (χ1n) is 21.6. The highest BCUT2D eigenvalue weighted by Crippen LogP contribution is 2.20. The number of amides is 9. The molecule has 66 heavy (non-hydrogen) atoms. The molecule has 27 nitrogen and oxygen atoms in total. The summed E-state index contributed by atoms with van der Waals surface area (Å²) >= 11 is 0. The van der Waals surface area contributed by atoms with Crippen LogP contribution in [0.5, 0.6) is 0 Å². The average Bonchev–Trinajstić information content (AvgIpc) is 3.99. The zero-order valence-corrected chi connectivity index (χ0v) is 36.9. The lowest BCUT2D eigenvalue weighted by atomic mass is 10.1. The van der Waals surface area contributed by atoms with Crippen LogP contribution in [0.25, 0.3) is 0 Å². The number of nitrogens with zero attached hydrogens (tertiary/aromatic N) is 2. The van der Waals surface area contributed by atoms with Crippen molar-refractivity contribution in [1.29, 1.82) is 5.41 Å². The summed E-state index contributed by atoms with van der Waals surface area (Å²) in [5, 5.41) is 34.7. The highest BCUT2D eigenvalue weighted by molar-refractivity contribution is 6.00. The molecule has 0 radical (unpaired) electrons. The number of nitrogens with one attached hydrogen (secondary N) is 9. The fraction of sp³-hybridized carbons (Fsp3) is 0.615. The lowest BCUT2D eigenvalue weighted by Crippen LogP contribution is -2.58. The molecule has 2 heterocycles. The molecule has 6 atom stereocenters. The molecule has 0 bridgehead atoms. The highest BCUT2D eigenvalue weighted by Gasteiger charge is 2.39. The second-order valence-corrected chi connectivity index (χ2v) is 15.5. The van der Waals surface area contributed by atoms with Crippen LogP contribution in [0.1, 0.15) is 76.3 Å². The second kappa shape index (κ2) is 29.7. The van der Waals surface area contributed by atoms with E-state index in [0.29, 0.717) is 31.5 Å². The van der Waals surface area contributed by atoms with E-state index in [4.69, 9.17) is 39.8 Å². The van der Waals surface area contributed by atoms with Crippen LogP contribution in [0.4, 0.5) is 0 Å². The van der Waals surface area contributed by atoms with Crippen molar-refractivity contribution in [3.05, 3.63) is 30.0 Å². The first kappa shape index (κ1) is 55.4. The van der Waals surface area contributed by atoms with Crippen LogP contribution in [0.2, 0.25) is 0 Å². The van der Waals surface area contributed by atoms with Gasteiger partial charge in [-0.1, -0.05) is 6.08 Å². The number of hydrogen-bond acceptors (Lipinski definition) is 15. The number of H-pyrrole nitrogens is 1. The third-order valence-corrected chi connectivity index (χ3v) is 10.1. The minimum atomic E-state index is -1.32. The van der Waals surface area contributed by atoms with E-state index in [1.807, 2.05) is 0 Å². The minimum Gasteiger partial charge on any atom is -0.391 e. The maximum absolute atomic E-state index is 14.1. The molecule has 0 saturated carbocycles. The summed E-state index contributed by atoms with van der Waals surface area (Å²) in [6.07, 6.45) is 3.99. The Hall–Kier alpha value is -6.71. The van der Waals surface area contributed by atoms with Gasteiger partial charge in [0.1, 0.15) is 35.9 Å². The Morgan fingerprint density at radius 1 is 0.833 bits per heavy atom. The van der Waals surface area contributed by atoms with Crippen LogP contribution in [-0.4, -0.2) is 155 Å². The molecule has 368 valence electrons. The number of nitrogens with two attached hydrogens (primary N) is 6. The maximum Gasteiger partial charge on any atom is 0.264 e. The van der Waals surface area contributed by atoms with Gasteiger partial charge in [0, 0.05) is 44.4 Å². The molecule has 1 aromatic heterocycles. The quantitative estimate of drug-likeness (QED) is 0.0142. The summed E-state index contributed by atoms with van der Waals surface area (Å²) in [5.41, 5.74) is 32.9. The third kappa shape index (κ3) is 20.4. The van der Waals surface area contributed by atoms with Gasteiger partial charge in [-0.25, -0.2) is 4.98 Å². The number of unbranched alkanes of at least 4 members (excludes halogenated alkanes) is 1. The Labute approximate surface area is 381 Å². The van der Waals surface area contributed by atoms with Gasteiger partial charge in [-0.3, -0.25) is 48.6 Å². The Morgan fingerprint density at radius 3 is 2.14 bits per heavy atom. The van der Waals surface area contributed by atoms with Gasteiger partial charge in [-0.15, -0.1) is 0 Å². The fourth-order valence-corrected chi connectivity index (χ4v) is 6.71. The number of aromatic amines is 1. The van der Waals surface area contributed by atoms with Crippen molar-refractivity contribution in [3.8, 4) is 0 Å². The van der Waals surface area contributed by atoms with Crippen molar-refractivity contribution in [2.75, 3.05) is 39.3 Å². The Kier molecular flexibility index (Phi) is 24.9. The molecule has 0 aliphatic carbocycles. The predicted molar refractivity (Wildman–Crippen MR) is 237 cm³/mol. The van der Waals surface area contributed by atoms with E-state index in [1.165, 1.54) is 23.5 Å². The van der Waals surface area contributed by atoms with Gasteiger partial charge in [0.05, 0.1) is 25.4 Å². The Morgan fingerprint density at radius 2 is 1.52 bits per heavy atom. The first-order valence-corrected chi connectivity index (χ1v) is 21.6. The molecule has 22 N–H and O–H groups in total. The summed E-state index contributed by atoms with van der Waals surface area (Å²) in [4.78, 5) is 126. The first-order chi connectivity index (χ1) is 31.4. The van der Waals surface area contributed by atoms with Gasteiger partial charge >= 0.3 is 0 Å². The number of imidazole rings is 1. The van der Waals surface area contributed by atoms with Gasteiger partial charge in [0.25, 0.3) is 5.91 Å². The third-order valence-electron chi connectivity index (χ3n) is 10.1. The monoisotopic (exact) mass is 934 g/mol. The molecular formula is C39H67N17O10. The van der Waals surface area contributed by atoms with E-state index in [2.05, 4.69) is 47.2 Å². The number of aliphatic hydroxyl groups excluding tert-OH is 1. The molecule has 9 amide bonds. The summed E-state index contributed by atoms with van der Waals surface area (Å²) < 4.78 is 0.